The molecule has 3 nitrogen and oxygen atoms in total. The molecule has 0 saturated carbocycles. The maximum Gasteiger partial charge on any atom is 0.319 e. The van der Waals surface area contributed by atoms with E-state index in [1.807, 2.05) is 0 Å². The van der Waals surface area contributed by atoms with Crippen LogP contribution in [0.1, 0.15) is 26.3 Å². The average molecular weight is 287 g/mol. The zero-order valence-corrected chi connectivity index (χ0v) is 11.9. The van der Waals surface area contributed by atoms with E-state index < -0.39 is 23.0 Å². The summed E-state index contributed by atoms with van der Waals surface area (Å²) in [6.07, 6.45) is -0.239. The fourth-order valence-corrected chi connectivity index (χ4v) is 1.74. The smallest absolute Gasteiger partial charge is 0.319 e. The van der Waals surface area contributed by atoms with Gasteiger partial charge in [0, 0.05) is 17.0 Å². The van der Waals surface area contributed by atoms with Crippen LogP contribution < -0.4 is 0 Å². The van der Waals surface area contributed by atoms with Gasteiger partial charge in [0.05, 0.1) is 6.61 Å². The Morgan fingerprint density at radius 3 is 2.53 bits per heavy atom. The Hall–Kier alpha value is -1.42. The van der Waals surface area contributed by atoms with Crippen molar-refractivity contribution in [2.45, 2.75) is 27.2 Å². The third kappa shape index (κ3) is 3.53. The lowest BCUT2D eigenvalue weighted by Gasteiger charge is -2.21. The Balaban J connectivity index is 2.93. The summed E-state index contributed by atoms with van der Waals surface area (Å²) in [6, 6.07) is 4.19. The highest BCUT2D eigenvalue weighted by atomic mass is 35.5. The van der Waals surface area contributed by atoms with E-state index >= 15 is 0 Å². The molecule has 0 aliphatic rings. The SMILES string of the molecule is CCOC(=O)C(C)(C)C(=O)Cc1c(F)cccc1Cl. The number of Topliss-reactive ketones (excluding diaryl/α,β-unsaturated/α-hetero) is 1. The van der Waals surface area contributed by atoms with Gasteiger partial charge >= 0.3 is 5.97 Å². The van der Waals surface area contributed by atoms with Gasteiger partial charge in [-0.2, -0.15) is 0 Å². The number of benzene rings is 1. The van der Waals surface area contributed by atoms with Crippen molar-refractivity contribution in [1.29, 1.82) is 0 Å². The number of ketones is 1. The molecular formula is C14H16ClFO3. The van der Waals surface area contributed by atoms with Crippen molar-refractivity contribution in [3.63, 3.8) is 0 Å². The zero-order valence-electron chi connectivity index (χ0n) is 11.1. The highest BCUT2D eigenvalue weighted by Gasteiger charge is 2.37. The Morgan fingerprint density at radius 2 is 2.00 bits per heavy atom. The summed E-state index contributed by atoms with van der Waals surface area (Å²) in [5.41, 5.74) is -1.21. The highest BCUT2D eigenvalue weighted by Crippen LogP contribution is 2.25. The number of ether oxygens (including phenoxy) is 1. The highest BCUT2D eigenvalue weighted by molar-refractivity contribution is 6.31. The summed E-state index contributed by atoms with van der Waals surface area (Å²) >= 11 is 5.86. The van der Waals surface area contributed by atoms with Crippen LogP contribution in [0.5, 0.6) is 0 Å². The Morgan fingerprint density at radius 1 is 1.37 bits per heavy atom. The first-order chi connectivity index (χ1) is 8.80. The average Bonchev–Trinajstić information content (AvgIpc) is 2.34. The van der Waals surface area contributed by atoms with Crippen LogP contribution in [0.2, 0.25) is 5.02 Å². The second-order valence-corrected chi connectivity index (χ2v) is 5.05. The van der Waals surface area contributed by atoms with Gasteiger partial charge in [-0.1, -0.05) is 17.7 Å². The molecule has 0 aliphatic carbocycles. The number of hydrogen-bond acceptors (Lipinski definition) is 3. The summed E-state index contributed by atoms with van der Waals surface area (Å²) in [5, 5.41) is 0.174. The maximum atomic E-state index is 13.6. The van der Waals surface area contributed by atoms with Gasteiger partial charge in [0.15, 0.2) is 5.78 Å². The van der Waals surface area contributed by atoms with E-state index in [4.69, 9.17) is 16.3 Å². The van der Waals surface area contributed by atoms with Crippen molar-refractivity contribution in [2.24, 2.45) is 5.41 Å². The summed E-state index contributed by atoms with van der Waals surface area (Å²) in [5.74, 6) is -1.61. The molecule has 0 unspecified atom stereocenters. The lowest BCUT2D eigenvalue weighted by Crippen LogP contribution is -2.36. The first-order valence-corrected chi connectivity index (χ1v) is 6.32. The molecule has 19 heavy (non-hydrogen) atoms. The van der Waals surface area contributed by atoms with Crippen molar-refractivity contribution in [3.8, 4) is 0 Å². The molecule has 1 aromatic carbocycles. The maximum absolute atomic E-state index is 13.6. The largest absolute Gasteiger partial charge is 0.465 e. The van der Waals surface area contributed by atoms with E-state index in [9.17, 15) is 14.0 Å². The molecule has 0 atom stereocenters. The van der Waals surface area contributed by atoms with Gasteiger partial charge in [-0.15, -0.1) is 0 Å². The van der Waals surface area contributed by atoms with Crippen molar-refractivity contribution in [3.05, 3.63) is 34.6 Å². The second-order valence-electron chi connectivity index (χ2n) is 4.65. The topological polar surface area (TPSA) is 43.4 Å². The third-order valence-electron chi connectivity index (χ3n) is 2.88. The zero-order chi connectivity index (χ0) is 14.6. The molecule has 0 bridgehead atoms. The predicted molar refractivity (Wildman–Crippen MR) is 70.5 cm³/mol. The molecule has 0 fully saturated rings. The molecule has 0 N–H and O–H groups in total. The summed E-state index contributed by atoms with van der Waals surface area (Å²) in [7, 11) is 0. The van der Waals surface area contributed by atoms with E-state index in [-0.39, 0.29) is 23.6 Å². The Bertz CT molecular complexity index is 477. The number of halogens is 2. The molecular weight excluding hydrogens is 271 g/mol. The summed E-state index contributed by atoms with van der Waals surface area (Å²) in [6.45, 7) is 4.77. The van der Waals surface area contributed by atoms with Crippen LogP contribution in [-0.2, 0) is 20.7 Å². The molecule has 0 spiro atoms. The normalized spacial score (nSPS) is 11.2. The third-order valence-corrected chi connectivity index (χ3v) is 3.24. The minimum Gasteiger partial charge on any atom is -0.465 e. The Kier molecular flexibility index (Phi) is 5.06. The quantitative estimate of drug-likeness (QED) is 0.617. The monoisotopic (exact) mass is 286 g/mol. The van der Waals surface area contributed by atoms with Crippen molar-refractivity contribution < 1.29 is 18.7 Å². The lowest BCUT2D eigenvalue weighted by atomic mass is 9.85. The minimum atomic E-state index is -1.32. The molecule has 1 rings (SSSR count). The van der Waals surface area contributed by atoms with Gasteiger partial charge in [-0.05, 0) is 32.9 Å². The number of carbonyl (C=O) groups excluding carboxylic acids is 2. The number of hydrogen-bond donors (Lipinski definition) is 0. The van der Waals surface area contributed by atoms with Crippen LogP contribution in [0.3, 0.4) is 0 Å². The minimum absolute atomic E-state index is 0.103. The molecule has 0 aromatic heterocycles. The van der Waals surface area contributed by atoms with Crippen LogP contribution >= 0.6 is 11.6 Å². The molecule has 0 saturated heterocycles. The molecule has 0 amide bonds. The second kappa shape index (κ2) is 6.15. The molecule has 1 aromatic rings. The standard InChI is InChI=1S/C14H16ClFO3/c1-4-19-13(18)14(2,3)12(17)8-9-10(15)6-5-7-11(9)16/h5-7H,4,8H2,1-3H3. The molecule has 5 heteroatoms. The fraction of sp³-hybridized carbons (Fsp3) is 0.429. The number of esters is 1. The van der Waals surface area contributed by atoms with Crippen LogP contribution in [0.25, 0.3) is 0 Å². The number of rotatable bonds is 5. The van der Waals surface area contributed by atoms with Gasteiger partial charge in [-0.25, -0.2) is 4.39 Å². The summed E-state index contributed by atoms with van der Waals surface area (Å²) in [4.78, 5) is 23.8. The van der Waals surface area contributed by atoms with Gasteiger partial charge in [0.1, 0.15) is 11.2 Å². The van der Waals surface area contributed by atoms with Gasteiger partial charge < -0.3 is 4.74 Å². The van der Waals surface area contributed by atoms with Crippen molar-refractivity contribution >= 4 is 23.4 Å². The van der Waals surface area contributed by atoms with Gasteiger partial charge in [0.25, 0.3) is 0 Å². The summed E-state index contributed by atoms with van der Waals surface area (Å²) < 4.78 is 18.4. The molecule has 0 aliphatic heterocycles. The fourth-order valence-electron chi connectivity index (χ4n) is 1.51. The van der Waals surface area contributed by atoms with Gasteiger partial charge in [0.2, 0.25) is 0 Å². The van der Waals surface area contributed by atoms with Crippen LogP contribution in [0, 0.1) is 11.2 Å². The molecule has 0 radical (unpaired) electrons. The van der Waals surface area contributed by atoms with Crippen LogP contribution in [-0.4, -0.2) is 18.4 Å². The first kappa shape index (κ1) is 15.6. The predicted octanol–water partition coefficient (Wildman–Crippen LogP) is 3.18. The van der Waals surface area contributed by atoms with Crippen molar-refractivity contribution in [1.82, 2.24) is 0 Å². The molecule has 104 valence electrons. The van der Waals surface area contributed by atoms with Gasteiger partial charge in [-0.3, -0.25) is 9.59 Å². The first-order valence-electron chi connectivity index (χ1n) is 5.94. The lowest BCUT2D eigenvalue weighted by molar-refractivity contribution is -0.157. The van der Waals surface area contributed by atoms with E-state index in [2.05, 4.69) is 0 Å². The van der Waals surface area contributed by atoms with E-state index in [0.29, 0.717) is 0 Å². The van der Waals surface area contributed by atoms with Crippen LogP contribution in [0.15, 0.2) is 18.2 Å². The van der Waals surface area contributed by atoms with E-state index in [0.717, 1.165) is 0 Å². The number of carbonyl (C=O) groups is 2. The van der Waals surface area contributed by atoms with E-state index in [1.54, 1.807) is 6.92 Å². The Labute approximate surface area is 116 Å². The van der Waals surface area contributed by atoms with Crippen LogP contribution in [0.4, 0.5) is 4.39 Å². The van der Waals surface area contributed by atoms with E-state index in [1.165, 1.54) is 32.0 Å². The van der Waals surface area contributed by atoms with Crippen molar-refractivity contribution in [2.75, 3.05) is 6.61 Å². The molecule has 0 heterocycles.